The van der Waals surface area contributed by atoms with Crippen molar-refractivity contribution in [3.05, 3.63) is 45.6 Å². The van der Waals surface area contributed by atoms with E-state index in [9.17, 15) is 18.0 Å². The second kappa shape index (κ2) is 6.84. The molecule has 2 heterocycles. The minimum atomic E-state index is -4.69. The Bertz CT molecular complexity index is 795. The van der Waals surface area contributed by atoms with Crippen molar-refractivity contribution in [2.75, 3.05) is 13.1 Å². The van der Waals surface area contributed by atoms with Crippen LogP contribution in [0.15, 0.2) is 22.6 Å². The lowest BCUT2D eigenvalue weighted by Gasteiger charge is -2.31. The Morgan fingerprint density at radius 3 is 2.68 bits per heavy atom. The second-order valence-electron chi connectivity index (χ2n) is 5.66. The number of halogens is 5. The fraction of sp³-hybridized carbons (Fsp3) is 0.400. The van der Waals surface area contributed by atoms with Gasteiger partial charge in [-0.25, -0.2) is 0 Å². The molecule has 1 fully saturated rings. The van der Waals surface area contributed by atoms with Gasteiger partial charge >= 0.3 is 12.1 Å². The van der Waals surface area contributed by atoms with E-state index in [2.05, 4.69) is 10.2 Å². The topological polar surface area (TPSA) is 59.2 Å². The molecule has 0 saturated carbocycles. The van der Waals surface area contributed by atoms with Crippen molar-refractivity contribution >= 4 is 29.1 Å². The first-order valence-electron chi connectivity index (χ1n) is 7.40. The number of hydrogen-bond acceptors (Lipinski definition) is 4. The number of carbonyl (C=O) groups excluding carboxylic acids is 1. The number of amides is 1. The van der Waals surface area contributed by atoms with Crippen molar-refractivity contribution in [3.63, 3.8) is 0 Å². The Morgan fingerprint density at radius 1 is 1.28 bits per heavy atom. The number of nitrogens with zero attached hydrogens (tertiary/aromatic N) is 3. The van der Waals surface area contributed by atoms with Crippen molar-refractivity contribution in [1.29, 1.82) is 0 Å². The molecule has 0 bridgehead atoms. The molecule has 1 atom stereocenters. The van der Waals surface area contributed by atoms with Crippen LogP contribution in [-0.2, 0) is 6.18 Å². The Labute approximate surface area is 150 Å². The van der Waals surface area contributed by atoms with Gasteiger partial charge in [-0.1, -0.05) is 23.2 Å². The Morgan fingerprint density at radius 2 is 2.04 bits per heavy atom. The predicted molar refractivity (Wildman–Crippen MR) is 83.6 cm³/mol. The molecule has 0 N–H and O–H groups in total. The highest BCUT2D eigenvalue weighted by Crippen LogP contribution is 2.32. The number of likely N-dealkylation sites (tertiary alicyclic amines) is 1. The van der Waals surface area contributed by atoms with Gasteiger partial charge in [0, 0.05) is 18.1 Å². The quantitative estimate of drug-likeness (QED) is 0.757. The third-order valence-electron chi connectivity index (χ3n) is 3.90. The predicted octanol–water partition coefficient (Wildman–Crippen LogP) is 4.42. The van der Waals surface area contributed by atoms with E-state index < -0.39 is 18.0 Å². The maximum Gasteiger partial charge on any atom is 0.470 e. The zero-order valence-electron chi connectivity index (χ0n) is 12.7. The summed E-state index contributed by atoms with van der Waals surface area (Å²) < 4.78 is 42.5. The summed E-state index contributed by atoms with van der Waals surface area (Å²) in [5.41, 5.74) is 0.285. The summed E-state index contributed by atoms with van der Waals surface area (Å²) in [5.74, 6) is -2.27. The van der Waals surface area contributed by atoms with E-state index in [0.717, 1.165) is 0 Å². The van der Waals surface area contributed by atoms with E-state index in [4.69, 9.17) is 27.6 Å². The first kappa shape index (κ1) is 18.0. The first-order chi connectivity index (χ1) is 11.8. The van der Waals surface area contributed by atoms with Gasteiger partial charge in [0.25, 0.3) is 5.91 Å². The van der Waals surface area contributed by atoms with Crippen LogP contribution >= 0.6 is 23.2 Å². The SMILES string of the molecule is O=C(c1ccc(Cl)cc1Cl)N1CCCC(c2nnc(C(F)(F)F)o2)C1. The third-order valence-corrected chi connectivity index (χ3v) is 4.45. The molecule has 1 saturated heterocycles. The van der Waals surface area contributed by atoms with Crippen LogP contribution in [-0.4, -0.2) is 34.1 Å². The van der Waals surface area contributed by atoms with Gasteiger partial charge in [0.1, 0.15) is 0 Å². The first-order valence-corrected chi connectivity index (χ1v) is 8.16. The number of carbonyl (C=O) groups is 1. The van der Waals surface area contributed by atoms with Crippen molar-refractivity contribution in [2.45, 2.75) is 24.9 Å². The average Bonchev–Trinajstić information content (AvgIpc) is 3.05. The van der Waals surface area contributed by atoms with E-state index in [0.29, 0.717) is 24.4 Å². The summed E-state index contributed by atoms with van der Waals surface area (Å²) in [7, 11) is 0. The Hall–Kier alpha value is -1.80. The standard InChI is InChI=1S/C15H12Cl2F3N3O2/c16-9-3-4-10(11(17)6-9)13(24)23-5-1-2-8(7-23)12-21-22-14(25-12)15(18,19)20/h3-4,6,8H,1-2,5,7H2. The van der Waals surface area contributed by atoms with Crippen molar-refractivity contribution < 1.29 is 22.4 Å². The summed E-state index contributed by atoms with van der Waals surface area (Å²) >= 11 is 11.9. The molecular weight excluding hydrogens is 382 g/mol. The number of aromatic nitrogens is 2. The van der Waals surface area contributed by atoms with E-state index in [1.807, 2.05) is 0 Å². The van der Waals surface area contributed by atoms with E-state index in [1.54, 1.807) is 6.07 Å². The van der Waals surface area contributed by atoms with Gasteiger partial charge in [-0.05, 0) is 31.0 Å². The van der Waals surface area contributed by atoms with Gasteiger partial charge < -0.3 is 9.32 Å². The molecule has 1 aliphatic rings. The number of hydrogen-bond donors (Lipinski definition) is 0. The normalized spacial score (nSPS) is 18.4. The number of piperidine rings is 1. The van der Waals surface area contributed by atoms with Crippen LogP contribution < -0.4 is 0 Å². The summed E-state index contributed by atoms with van der Waals surface area (Å²) in [6.07, 6.45) is -3.53. The van der Waals surface area contributed by atoms with Gasteiger partial charge in [-0.3, -0.25) is 4.79 Å². The van der Waals surface area contributed by atoms with Crippen LogP contribution in [0.25, 0.3) is 0 Å². The second-order valence-corrected chi connectivity index (χ2v) is 6.50. The zero-order valence-corrected chi connectivity index (χ0v) is 14.2. The number of rotatable bonds is 2. The van der Waals surface area contributed by atoms with Crippen LogP contribution in [0.2, 0.25) is 10.0 Å². The molecule has 3 rings (SSSR count). The van der Waals surface area contributed by atoms with E-state index >= 15 is 0 Å². The van der Waals surface area contributed by atoms with Gasteiger partial charge in [0.05, 0.1) is 16.5 Å². The van der Waals surface area contributed by atoms with Crippen LogP contribution in [0.1, 0.15) is 40.9 Å². The lowest BCUT2D eigenvalue weighted by atomic mass is 9.97. The fourth-order valence-corrected chi connectivity index (χ4v) is 3.20. The summed E-state index contributed by atoms with van der Waals surface area (Å²) in [4.78, 5) is 14.1. The molecule has 1 amide bonds. The minimum Gasteiger partial charge on any atom is -0.417 e. The molecule has 10 heteroatoms. The summed E-state index contributed by atoms with van der Waals surface area (Å²) in [6, 6.07) is 4.53. The van der Waals surface area contributed by atoms with Gasteiger partial charge in [-0.15, -0.1) is 10.2 Å². The van der Waals surface area contributed by atoms with E-state index in [1.165, 1.54) is 17.0 Å². The molecular formula is C15H12Cl2F3N3O2. The fourth-order valence-electron chi connectivity index (χ4n) is 2.71. The maximum absolute atomic E-state index is 12.6. The van der Waals surface area contributed by atoms with E-state index in [-0.39, 0.29) is 28.9 Å². The summed E-state index contributed by atoms with van der Waals surface area (Å²) in [5, 5.41) is 7.14. The zero-order chi connectivity index (χ0) is 18.2. The molecule has 0 radical (unpaired) electrons. The number of benzene rings is 1. The van der Waals surface area contributed by atoms with Gasteiger partial charge in [0.2, 0.25) is 5.89 Å². The molecule has 1 aromatic carbocycles. The molecule has 0 aliphatic carbocycles. The van der Waals surface area contributed by atoms with Crippen molar-refractivity contribution in [3.8, 4) is 0 Å². The number of alkyl halides is 3. The minimum absolute atomic E-state index is 0.118. The molecule has 134 valence electrons. The Balaban J connectivity index is 1.77. The van der Waals surface area contributed by atoms with Crippen LogP contribution in [0, 0.1) is 0 Å². The smallest absolute Gasteiger partial charge is 0.417 e. The molecule has 1 unspecified atom stereocenters. The van der Waals surface area contributed by atoms with Crippen LogP contribution in [0.5, 0.6) is 0 Å². The highest BCUT2D eigenvalue weighted by molar-refractivity contribution is 6.36. The van der Waals surface area contributed by atoms with Crippen molar-refractivity contribution in [2.24, 2.45) is 0 Å². The third kappa shape index (κ3) is 3.90. The highest BCUT2D eigenvalue weighted by atomic mass is 35.5. The monoisotopic (exact) mass is 393 g/mol. The summed E-state index contributed by atoms with van der Waals surface area (Å²) in [6.45, 7) is 0.645. The molecule has 1 aliphatic heterocycles. The molecule has 5 nitrogen and oxygen atoms in total. The van der Waals surface area contributed by atoms with Crippen molar-refractivity contribution in [1.82, 2.24) is 15.1 Å². The molecule has 25 heavy (non-hydrogen) atoms. The molecule has 1 aromatic heterocycles. The molecule has 0 spiro atoms. The van der Waals surface area contributed by atoms with Crippen LogP contribution in [0.4, 0.5) is 13.2 Å². The lowest BCUT2D eigenvalue weighted by Crippen LogP contribution is -2.39. The highest BCUT2D eigenvalue weighted by Gasteiger charge is 2.39. The largest absolute Gasteiger partial charge is 0.470 e. The Kier molecular flexibility index (Phi) is 4.92. The lowest BCUT2D eigenvalue weighted by molar-refractivity contribution is -0.157. The maximum atomic E-state index is 12.6. The van der Waals surface area contributed by atoms with Crippen LogP contribution in [0.3, 0.4) is 0 Å². The average molecular weight is 394 g/mol. The van der Waals surface area contributed by atoms with Gasteiger partial charge in [-0.2, -0.15) is 13.2 Å². The molecule has 2 aromatic rings. The van der Waals surface area contributed by atoms with Gasteiger partial charge in [0.15, 0.2) is 0 Å².